The number of thiazole rings is 1. The van der Waals surface area contributed by atoms with Crippen LogP contribution in [0.25, 0.3) is 0 Å². The van der Waals surface area contributed by atoms with Gasteiger partial charge in [-0.2, -0.15) is 4.31 Å². The summed E-state index contributed by atoms with van der Waals surface area (Å²) in [6.07, 6.45) is 0.998. The second-order valence-electron chi connectivity index (χ2n) is 8.32. The molecule has 7 nitrogen and oxygen atoms in total. The predicted octanol–water partition coefficient (Wildman–Crippen LogP) is 4.19. The lowest BCUT2D eigenvalue weighted by molar-refractivity contribution is 0.102. The molecule has 2 atom stereocenters. The van der Waals surface area contributed by atoms with Gasteiger partial charge in [0.15, 0.2) is 5.13 Å². The maximum absolute atomic E-state index is 13.4. The van der Waals surface area contributed by atoms with Crippen LogP contribution in [0.15, 0.2) is 28.5 Å². The number of benzene rings is 1. The van der Waals surface area contributed by atoms with E-state index in [1.807, 2.05) is 19.2 Å². The third kappa shape index (κ3) is 4.84. The number of nitrogens with one attached hydrogen (secondary N) is 1. The minimum absolute atomic E-state index is 0.0148. The Bertz CT molecular complexity index is 1010. The van der Waals surface area contributed by atoms with Gasteiger partial charge in [0.05, 0.1) is 12.8 Å². The van der Waals surface area contributed by atoms with Crippen LogP contribution in [0.2, 0.25) is 0 Å². The van der Waals surface area contributed by atoms with Crippen molar-refractivity contribution in [3.63, 3.8) is 0 Å². The topological polar surface area (TPSA) is 88.6 Å². The van der Waals surface area contributed by atoms with Crippen LogP contribution in [0.3, 0.4) is 0 Å². The van der Waals surface area contributed by atoms with E-state index >= 15 is 0 Å². The second kappa shape index (κ2) is 9.03. The molecule has 0 radical (unpaired) electrons. The molecule has 1 amide bonds. The molecule has 1 saturated heterocycles. The first-order chi connectivity index (χ1) is 14.1. The van der Waals surface area contributed by atoms with Gasteiger partial charge in [-0.25, -0.2) is 13.4 Å². The highest BCUT2D eigenvalue weighted by Gasteiger charge is 2.34. The van der Waals surface area contributed by atoms with Crippen molar-refractivity contribution >= 4 is 32.4 Å². The molecule has 1 aromatic heterocycles. The zero-order valence-electron chi connectivity index (χ0n) is 18.0. The fraction of sp³-hybridized carbons (Fsp3) is 0.524. The highest BCUT2D eigenvalue weighted by Crippen LogP contribution is 2.32. The largest absolute Gasteiger partial charge is 0.495 e. The van der Waals surface area contributed by atoms with E-state index in [0.29, 0.717) is 18.2 Å². The number of nitrogens with zero attached hydrogens (tertiary/aromatic N) is 2. The molecule has 2 aromatic rings. The molecule has 0 saturated carbocycles. The van der Waals surface area contributed by atoms with E-state index in [2.05, 4.69) is 24.1 Å². The quantitative estimate of drug-likeness (QED) is 0.711. The minimum Gasteiger partial charge on any atom is -0.495 e. The number of rotatable bonds is 6. The van der Waals surface area contributed by atoms with Gasteiger partial charge >= 0.3 is 0 Å². The number of amides is 1. The van der Waals surface area contributed by atoms with Crippen molar-refractivity contribution in [3.05, 3.63) is 34.8 Å². The summed E-state index contributed by atoms with van der Waals surface area (Å²) < 4.78 is 33.6. The van der Waals surface area contributed by atoms with Crippen molar-refractivity contribution < 1.29 is 17.9 Å². The molecule has 1 aliphatic heterocycles. The van der Waals surface area contributed by atoms with Gasteiger partial charge in [-0.3, -0.25) is 10.1 Å². The molecule has 0 bridgehead atoms. The summed E-state index contributed by atoms with van der Waals surface area (Å²) in [6.45, 7) is 9.09. The molecule has 0 spiro atoms. The molecule has 1 fully saturated rings. The van der Waals surface area contributed by atoms with E-state index in [9.17, 15) is 13.2 Å². The second-order valence-corrected chi connectivity index (χ2v) is 11.1. The Labute approximate surface area is 182 Å². The Balaban J connectivity index is 1.90. The summed E-state index contributed by atoms with van der Waals surface area (Å²) in [5, 5.41) is 5.16. The van der Waals surface area contributed by atoms with Crippen molar-refractivity contribution in [3.8, 4) is 5.75 Å². The SMILES string of the molecule is COc1ccc(C(=O)Nc2nc(C(C)C)cs2)cc1S(=O)(=O)N1CC(C)CC(C)C1. The van der Waals surface area contributed by atoms with Gasteiger partial charge in [0.25, 0.3) is 5.91 Å². The van der Waals surface area contributed by atoms with Gasteiger partial charge in [0.1, 0.15) is 10.6 Å². The van der Waals surface area contributed by atoms with Gasteiger partial charge in [0, 0.05) is 24.0 Å². The van der Waals surface area contributed by atoms with E-state index in [0.717, 1.165) is 12.1 Å². The van der Waals surface area contributed by atoms with Gasteiger partial charge in [-0.1, -0.05) is 27.7 Å². The number of carbonyl (C=O) groups is 1. The fourth-order valence-electron chi connectivity index (χ4n) is 3.74. The highest BCUT2D eigenvalue weighted by molar-refractivity contribution is 7.89. The van der Waals surface area contributed by atoms with E-state index in [1.54, 1.807) is 6.07 Å². The Hall–Kier alpha value is -1.97. The number of anilines is 1. The lowest BCUT2D eigenvalue weighted by Crippen LogP contribution is -2.42. The number of hydrogen-bond acceptors (Lipinski definition) is 6. The predicted molar refractivity (Wildman–Crippen MR) is 119 cm³/mol. The Morgan fingerprint density at radius 2 is 1.93 bits per heavy atom. The first-order valence-electron chi connectivity index (χ1n) is 10.1. The van der Waals surface area contributed by atoms with Crippen LogP contribution < -0.4 is 10.1 Å². The first kappa shape index (κ1) is 22.7. The Kier molecular flexibility index (Phi) is 6.84. The van der Waals surface area contributed by atoms with Crippen molar-refractivity contribution in [1.29, 1.82) is 0 Å². The molecule has 30 heavy (non-hydrogen) atoms. The summed E-state index contributed by atoms with van der Waals surface area (Å²) >= 11 is 1.35. The molecule has 1 N–H and O–H groups in total. The van der Waals surface area contributed by atoms with Crippen molar-refractivity contribution in [1.82, 2.24) is 9.29 Å². The van der Waals surface area contributed by atoms with Crippen molar-refractivity contribution in [2.75, 3.05) is 25.5 Å². The number of carbonyl (C=O) groups excluding carboxylic acids is 1. The lowest BCUT2D eigenvalue weighted by Gasteiger charge is -2.34. The molecule has 2 unspecified atom stereocenters. The highest BCUT2D eigenvalue weighted by atomic mass is 32.2. The minimum atomic E-state index is -3.79. The standard InChI is InChI=1S/C21H29N3O4S2/c1-13(2)17-12-29-21(22-17)23-20(25)16-6-7-18(28-5)19(9-16)30(26,27)24-10-14(3)8-15(4)11-24/h6-7,9,12-15H,8,10-11H2,1-5H3,(H,22,23,25). The summed E-state index contributed by atoms with van der Waals surface area (Å²) in [6, 6.07) is 4.48. The summed E-state index contributed by atoms with van der Waals surface area (Å²) in [7, 11) is -2.36. The van der Waals surface area contributed by atoms with Crippen LogP contribution in [0.1, 0.15) is 56.1 Å². The molecule has 0 aliphatic carbocycles. The molecule has 164 valence electrons. The number of ether oxygens (including phenoxy) is 1. The van der Waals surface area contributed by atoms with Gasteiger partial charge in [-0.15, -0.1) is 11.3 Å². The van der Waals surface area contributed by atoms with Gasteiger partial charge in [0.2, 0.25) is 10.0 Å². The van der Waals surface area contributed by atoms with Gasteiger partial charge in [-0.05, 0) is 42.4 Å². The first-order valence-corrected chi connectivity index (χ1v) is 12.4. The van der Waals surface area contributed by atoms with Gasteiger partial charge < -0.3 is 4.74 Å². The summed E-state index contributed by atoms with van der Waals surface area (Å²) in [4.78, 5) is 17.2. The maximum Gasteiger partial charge on any atom is 0.257 e. The fourth-order valence-corrected chi connectivity index (χ4v) is 6.47. The summed E-state index contributed by atoms with van der Waals surface area (Å²) in [5.41, 5.74) is 1.15. The average molecular weight is 452 g/mol. The van der Waals surface area contributed by atoms with Crippen molar-refractivity contribution in [2.24, 2.45) is 11.8 Å². The van der Waals surface area contributed by atoms with Crippen LogP contribution in [-0.4, -0.2) is 43.8 Å². The lowest BCUT2D eigenvalue weighted by atomic mass is 9.94. The van der Waals surface area contributed by atoms with Crippen LogP contribution in [0.5, 0.6) is 5.75 Å². The molecule has 1 aliphatic rings. The number of piperidine rings is 1. The number of methoxy groups -OCH3 is 1. The van der Waals surface area contributed by atoms with Crippen LogP contribution in [0, 0.1) is 11.8 Å². The zero-order chi connectivity index (χ0) is 22.1. The molecule has 2 heterocycles. The molecule has 1 aromatic carbocycles. The van der Waals surface area contributed by atoms with Crippen molar-refractivity contribution in [2.45, 2.75) is 44.9 Å². The molecule has 9 heteroatoms. The Morgan fingerprint density at radius 3 is 2.50 bits per heavy atom. The van der Waals surface area contributed by atoms with E-state index in [1.165, 1.54) is 34.9 Å². The molecular weight excluding hydrogens is 422 g/mol. The third-order valence-corrected chi connectivity index (χ3v) is 7.84. The molecular formula is C21H29N3O4S2. The molecule has 3 rings (SSSR count). The van der Waals surface area contributed by atoms with Crippen LogP contribution in [-0.2, 0) is 10.0 Å². The van der Waals surface area contributed by atoms with Crippen LogP contribution >= 0.6 is 11.3 Å². The number of aromatic nitrogens is 1. The smallest absolute Gasteiger partial charge is 0.257 e. The zero-order valence-corrected chi connectivity index (χ0v) is 19.6. The number of hydrogen-bond donors (Lipinski definition) is 1. The van der Waals surface area contributed by atoms with Crippen LogP contribution in [0.4, 0.5) is 5.13 Å². The monoisotopic (exact) mass is 451 g/mol. The Morgan fingerprint density at radius 1 is 1.27 bits per heavy atom. The summed E-state index contributed by atoms with van der Waals surface area (Å²) in [5.74, 6) is 0.647. The van der Waals surface area contributed by atoms with E-state index in [-0.39, 0.29) is 34.0 Å². The normalized spacial score (nSPS) is 20.3. The number of sulfonamides is 1. The third-order valence-electron chi connectivity index (χ3n) is 5.21. The van der Waals surface area contributed by atoms with E-state index < -0.39 is 15.9 Å². The average Bonchev–Trinajstić information content (AvgIpc) is 3.15. The maximum atomic E-state index is 13.4. The van der Waals surface area contributed by atoms with E-state index in [4.69, 9.17) is 4.74 Å².